The molecule has 0 bridgehead atoms. The first kappa shape index (κ1) is 13.2. The Kier molecular flexibility index (Phi) is 4.44. The predicted octanol–water partition coefficient (Wildman–Crippen LogP) is 3.90. The summed E-state index contributed by atoms with van der Waals surface area (Å²) < 4.78 is 11.6. The fourth-order valence-electron chi connectivity index (χ4n) is 1.83. The van der Waals surface area contributed by atoms with Gasteiger partial charge in [0.25, 0.3) is 0 Å². The van der Waals surface area contributed by atoms with Gasteiger partial charge in [0, 0.05) is 11.6 Å². The van der Waals surface area contributed by atoms with Crippen molar-refractivity contribution in [1.29, 1.82) is 0 Å². The minimum absolute atomic E-state index is 0.199. The van der Waals surface area contributed by atoms with Crippen LogP contribution in [0.1, 0.15) is 24.3 Å². The molecule has 0 aliphatic rings. The molecule has 2 rings (SSSR count). The van der Waals surface area contributed by atoms with Crippen LogP contribution in [0.15, 0.2) is 45.5 Å². The van der Waals surface area contributed by atoms with Crippen LogP contribution in [0.2, 0.25) is 0 Å². The first-order chi connectivity index (χ1) is 8.70. The molecular weight excluding hydrogens is 294 g/mol. The van der Waals surface area contributed by atoms with E-state index in [9.17, 15) is 0 Å². The van der Waals surface area contributed by atoms with Gasteiger partial charge in [0.05, 0.1) is 13.7 Å². The maximum absolute atomic E-state index is 5.45. The van der Waals surface area contributed by atoms with Crippen molar-refractivity contribution >= 4 is 15.9 Å². The second-order valence-electron chi connectivity index (χ2n) is 4.05. The van der Waals surface area contributed by atoms with Gasteiger partial charge in [-0.25, -0.2) is 0 Å². The Hall–Kier alpha value is -1.26. The molecule has 1 aromatic heterocycles. The third kappa shape index (κ3) is 3.15. The zero-order valence-corrected chi connectivity index (χ0v) is 12.0. The van der Waals surface area contributed by atoms with Crippen LogP contribution in [0.5, 0.6) is 5.75 Å². The van der Waals surface area contributed by atoms with Crippen LogP contribution in [0.25, 0.3) is 0 Å². The predicted molar refractivity (Wildman–Crippen MR) is 74.7 cm³/mol. The van der Waals surface area contributed by atoms with Gasteiger partial charge in [-0.3, -0.25) is 0 Å². The third-order valence-electron chi connectivity index (χ3n) is 2.82. The molecule has 4 heteroatoms. The summed E-state index contributed by atoms with van der Waals surface area (Å²) in [5.74, 6) is 1.81. The highest BCUT2D eigenvalue weighted by Crippen LogP contribution is 2.24. The number of ether oxygens (including phenoxy) is 1. The quantitative estimate of drug-likeness (QED) is 0.909. The first-order valence-electron chi connectivity index (χ1n) is 5.81. The lowest BCUT2D eigenvalue weighted by atomic mass is 10.1. The Morgan fingerprint density at radius 3 is 2.72 bits per heavy atom. The summed E-state index contributed by atoms with van der Waals surface area (Å²) in [5.41, 5.74) is 1.14. The van der Waals surface area contributed by atoms with E-state index in [1.807, 2.05) is 30.3 Å². The van der Waals surface area contributed by atoms with Gasteiger partial charge in [-0.1, -0.05) is 18.2 Å². The molecule has 1 aromatic carbocycles. The van der Waals surface area contributed by atoms with E-state index in [2.05, 4.69) is 34.2 Å². The summed E-state index contributed by atoms with van der Waals surface area (Å²) >= 11 is 3.29. The zero-order valence-electron chi connectivity index (χ0n) is 10.4. The standard InChI is InChI=1S/C14H16BrNO2/c1-10(12-5-3-4-6-13(12)17-2)16-9-11-7-8-14(15)18-11/h3-8,10,16H,9H2,1-2H3/t10-/m0/s1. The highest BCUT2D eigenvalue weighted by Gasteiger charge is 2.10. The van der Waals surface area contributed by atoms with Crippen LogP contribution in [0.4, 0.5) is 0 Å². The van der Waals surface area contributed by atoms with E-state index in [1.165, 1.54) is 0 Å². The van der Waals surface area contributed by atoms with E-state index in [1.54, 1.807) is 7.11 Å². The number of rotatable bonds is 5. The van der Waals surface area contributed by atoms with Crippen molar-refractivity contribution in [3.05, 3.63) is 52.4 Å². The van der Waals surface area contributed by atoms with Crippen molar-refractivity contribution in [3.63, 3.8) is 0 Å². The summed E-state index contributed by atoms with van der Waals surface area (Å²) in [6, 6.07) is 12.1. The average Bonchev–Trinajstić information content (AvgIpc) is 2.81. The van der Waals surface area contributed by atoms with Crippen LogP contribution in [0.3, 0.4) is 0 Å². The van der Waals surface area contributed by atoms with Crippen molar-refractivity contribution in [2.75, 3.05) is 7.11 Å². The van der Waals surface area contributed by atoms with E-state index < -0.39 is 0 Å². The molecule has 0 saturated heterocycles. The Balaban J connectivity index is 2.01. The number of furan rings is 1. The van der Waals surface area contributed by atoms with Gasteiger partial charge in [0.1, 0.15) is 11.5 Å². The van der Waals surface area contributed by atoms with E-state index in [4.69, 9.17) is 9.15 Å². The summed E-state index contributed by atoms with van der Waals surface area (Å²) in [6.45, 7) is 2.79. The highest BCUT2D eigenvalue weighted by atomic mass is 79.9. The van der Waals surface area contributed by atoms with Gasteiger partial charge in [0.15, 0.2) is 4.67 Å². The minimum Gasteiger partial charge on any atom is -0.496 e. The summed E-state index contributed by atoms with van der Waals surface area (Å²) in [4.78, 5) is 0. The number of hydrogen-bond donors (Lipinski definition) is 1. The van der Waals surface area contributed by atoms with Gasteiger partial charge < -0.3 is 14.5 Å². The average molecular weight is 310 g/mol. The maximum Gasteiger partial charge on any atom is 0.169 e. The highest BCUT2D eigenvalue weighted by molar-refractivity contribution is 9.10. The lowest BCUT2D eigenvalue weighted by molar-refractivity contribution is 0.396. The van der Waals surface area contributed by atoms with Crippen molar-refractivity contribution in [2.45, 2.75) is 19.5 Å². The van der Waals surface area contributed by atoms with E-state index in [0.29, 0.717) is 6.54 Å². The van der Waals surface area contributed by atoms with Gasteiger partial charge in [-0.05, 0) is 41.1 Å². The SMILES string of the molecule is COc1ccccc1[C@H](C)NCc1ccc(Br)o1. The second kappa shape index (κ2) is 6.07. The number of benzene rings is 1. The molecule has 96 valence electrons. The summed E-state index contributed by atoms with van der Waals surface area (Å²) in [5, 5.41) is 3.41. The number of hydrogen-bond acceptors (Lipinski definition) is 3. The van der Waals surface area contributed by atoms with Crippen molar-refractivity contribution in [3.8, 4) is 5.75 Å². The van der Waals surface area contributed by atoms with Gasteiger partial charge >= 0.3 is 0 Å². The molecule has 0 radical (unpaired) electrons. The van der Waals surface area contributed by atoms with Crippen LogP contribution in [-0.4, -0.2) is 7.11 Å². The number of methoxy groups -OCH3 is 1. The van der Waals surface area contributed by atoms with Crippen LogP contribution in [-0.2, 0) is 6.54 Å². The molecular formula is C14H16BrNO2. The maximum atomic E-state index is 5.45. The molecule has 0 unspecified atom stereocenters. The third-order valence-corrected chi connectivity index (χ3v) is 3.24. The normalized spacial score (nSPS) is 12.4. The Morgan fingerprint density at radius 1 is 1.28 bits per heavy atom. The number of halogens is 1. The van der Waals surface area contributed by atoms with E-state index >= 15 is 0 Å². The first-order valence-corrected chi connectivity index (χ1v) is 6.60. The molecule has 3 nitrogen and oxygen atoms in total. The zero-order chi connectivity index (χ0) is 13.0. The largest absolute Gasteiger partial charge is 0.496 e. The molecule has 0 amide bonds. The van der Waals surface area contributed by atoms with Crippen LogP contribution >= 0.6 is 15.9 Å². The fraction of sp³-hybridized carbons (Fsp3) is 0.286. The molecule has 0 aliphatic heterocycles. The molecule has 1 heterocycles. The summed E-state index contributed by atoms with van der Waals surface area (Å²) in [6.07, 6.45) is 0. The molecule has 1 N–H and O–H groups in total. The fourth-order valence-corrected chi connectivity index (χ4v) is 2.17. The minimum atomic E-state index is 0.199. The molecule has 1 atom stereocenters. The van der Waals surface area contributed by atoms with Crippen molar-refractivity contribution in [2.24, 2.45) is 0 Å². The molecule has 0 spiro atoms. The number of nitrogens with one attached hydrogen (secondary N) is 1. The van der Waals surface area contributed by atoms with Gasteiger partial charge in [-0.2, -0.15) is 0 Å². The van der Waals surface area contributed by atoms with Crippen molar-refractivity contribution in [1.82, 2.24) is 5.32 Å². The van der Waals surface area contributed by atoms with Crippen molar-refractivity contribution < 1.29 is 9.15 Å². The van der Waals surface area contributed by atoms with Crippen LogP contribution in [0, 0.1) is 0 Å². The second-order valence-corrected chi connectivity index (χ2v) is 4.83. The van der Waals surface area contributed by atoms with Gasteiger partial charge in [-0.15, -0.1) is 0 Å². The molecule has 18 heavy (non-hydrogen) atoms. The van der Waals surface area contributed by atoms with Crippen LogP contribution < -0.4 is 10.1 Å². The van der Waals surface area contributed by atoms with E-state index in [0.717, 1.165) is 21.7 Å². The number of para-hydroxylation sites is 1. The Morgan fingerprint density at radius 2 is 2.06 bits per heavy atom. The lowest BCUT2D eigenvalue weighted by Crippen LogP contribution is -2.18. The molecule has 0 aliphatic carbocycles. The van der Waals surface area contributed by atoms with Gasteiger partial charge in [0.2, 0.25) is 0 Å². The molecule has 0 saturated carbocycles. The molecule has 0 fully saturated rings. The summed E-state index contributed by atoms with van der Waals surface area (Å²) in [7, 11) is 1.69. The topological polar surface area (TPSA) is 34.4 Å². The smallest absolute Gasteiger partial charge is 0.169 e. The lowest BCUT2D eigenvalue weighted by Gasteiger charge is -2.16. The molecule has 2 aromatic rings. The Bertz CT molecular complexity index is 510. The Labute approximate surface area is 115 Å². The van der Waals surface area contributed by atoms with E-state index in [-0.39, 0.29) is 6.04 Å². The monoisotopic (exact) mass is 309 g/mol.